The lowest BCUT2D eigenvalue weighted by Crippen LogP contribution is -2.34. The Kier molecular flexibility index (Phi) is 5.16. The van der Waals surface area contributed by atoms with E-state index in [1.165, 1.54) is 0 Å². The predicted molar refractivity (Wildman–Crippen MR) is 112 cm³/mol. The van der Waals surface area contributed by atoms with Gasteiger partial charge in [-0.25, -0.2) is 8.42 Å². The molecule has 142 valence electrons. The molecule has 4 heteroatoms. The van der Waals surface area contributed by atoms with Gasteiger partial charge in [-0.3, -0.25) is 0 Å². The van der Waals surface area contributed by atoms with Crippen molar-refractivity contribution >= 4 is 15.4 Å². The normalized spacial score (nSPS) is 22.5. The maximum atomic E-state index is 13.5. The van der Waals surface area contributed by atoms with Crippen molar-refractivity contribution in [2.24, 2.45) is 0 Å². The third-order valence-electron chi connectivity index (χ3n) is 5.34. The van der Waals surface area contributed by atoms with Gasteiger partial charge in [-0.2, -0.15) is 0 Å². The average molecular weight is 391 g/mol. The van der Waals surface area contributed by atoms with Crippen molar-refractivity contribution in [2.45, 2.75) is 28.6 Å². The van der Waals surface area contributed by atoms with Crippen molar-refractivity contribution in [1.29, 1.82) is 0 Å². The third-order valence-corrected chi connectivity index (χ3v) is 7.45. The van der Waals surface area contributed by atoms with Gasteiger partial charge in [0.1, 0.15) is 0 Å². The molecular weight excluding hydrogens is 368 g/mol. The van der Waals surface area contributed by atoms with Gasteiger partial charge in [0.15, 0.2) is 9.84 Å². The number of sulfone groups is 1. The van der Waals surface area contributed by atoms with Crippen LogP contribution in [0, 0.1) is 0 Å². The molecule has 3 nitrogen and oxygen atoms in total. The van der Waals surface area contributed by atoms with Crippen LogP contribution in [0.3, 0.4) is 0 Å². The largest absolute Gasteiger partial charge is 0.388 e. The Bertz CT molecular complexity index is 1060. The van der Waals surface area contributed by atoms with Crippen molar-refractivity contribution < 1.29 is 13.5 Å². The summed E-state index contributed by atoms with van der Waals surface area (Å²) in [5.41, 5.74) is 2.46. The van der Waals surface area contributed by atoms with E-state index in [4.69, 9.17) is 0 Å². The lowest BCUT2D eigenvalue weighted by molar-refractivity contribution is 0.205. The summed E-state index contributed by atoms with van der Waals surface area (Å²) in [6.07, 6.45) is 1.40. The average Bonchev–Trinajstić information content (AvgIpc) is 2.75. The monoisotopic (exact) mass is 390 g/mol. The molecular formula is C24H22O3S. The predicted octanol–water partition coefficient (Wildman–Crippen LogP) is 4.46. The Morgan fingerprint density at radius 1 is 0.750 bits per heavy atom. The summed E-state index contributed by atoms with van der Waals surface area (Å²) < 4.78 is 27.1. The second-order valence-corrected chi connectivity index (χ2v) is 9.19. The fourth-order valence-electron chi connectivity index (χ4n) is 3.92. The molecule has 3 atom stereocenters. The molecule has 1 N–H and O–H groups in total. The third kappa shape index (κ3) is 3.53. The van der Waals surface area contributed by atoms with Gasteiger partial charge in [0, 0.05) is 5.92 Å². The fraction of sp³-hybridized carbons (Fsp3) is 0.167. The molecule has 0 amide bonds. The van der Waals surface area contributed by atoms with Gasteiger partial charge in [-0.1, -0.05) is 84.9 Å². The van der Waals surface area contributed by atoms with E-state index >= 15 is 0 Å². The second kappa shape index (κ2) is 7.74. The Hall–Kier alpha value is -2.69. The molecule has 0 spiro atoms. The van der Waals surface area contributed by atoms with Gasteiger partial charge in [-0.05, 0) is 35.3 Å². The number of hydrogen-bond acceptors (Lipinski definition) is 3. The van der Waals surface area contributed by atoms with Crippen LogP contribution in [0.2, 0.25) is 0 Å². The number of aliphatic hydroxyl groups is 1. The number of benzene rings is 3. The van der Waals surface area contributed by atoms with Gasteiger partial charge < -0.3 is 5.11 Å². The highest BCUT2D eigenvalue weighted by molar-refractivity contribution is 7.92. The Labute approximate surface area is 165 Å². The molecule has 0 aliphatic heterocycles. The van der Waals surface area contributed by atoms with Gasteiger partial charge in [0.25, 0.3) is 0 Å². The number of hydrogen-bond donors (Lipinski definition) is 1. The summed E-state index contributed by atoms with van der Waals surface area (Å²) in [6, 6.07) is 27.7. The summed E-state index contributed by atoms with van der Waals surface area (Å²) in [5.74, 6) is -0.311. The van der Waals surface area contributed by atoms with Crippen molar-refractivity contribution in [3.8, 4) is 0 Å². The summed E-state index contributed by atoms with van der Waals surface area (Å²) in [6.45, 7) is 0. The minimum atomic E-state index is -3.61. The van der Waals surface area contributed by atoms with E-state index in [0.29, 0.717) is 16.9 Å². The van der Waals surface area contributed by atoms with Crippen LogP contribution in [0.25, 0.3) is 5.57 Å². The second-order valence-electron chi connectivity index (χ2n) is 7.08. The summed E-state index contributed by atoms with van der Waals surface area (Å²) >= 11 is 0. The maximum Gasteiger partial charge on any atom is 0.185 e. The molecule has 0 bridgehead atoms. The SMILES string of the molecule is O=S(=O)(c1ccccc1)[C@@H]1C=C(c2ccccc2)[C@@H](O)C[C@H]1c1ccccc1. The van der Waals surface area contributed by atoms with Crippen LogP contribution in [0.4, 0.5) is 0 Å². The van der Waals surface area contributed by atoms with E-state index in [0.717, 1.165) is 11.1 Å². The molecule has 28 heavy (non-hydrogen) atoms. The van der Waals surface area contributed by atoms with E-state index in [-0.39, 0.29) is 5.92 Å². The smallest absolute Gasteiger partial charge is 0.185 e. The summed E-state index contributed by atoms with van der Waals surface area (Å²) in [5, 5.41) is 10.1. The van der Waals surface area contributed by atoms with E-state index in [9.17, 15) is 13.5 Å². The number of aliphatic hydroxyl groups excluding tert-OH is 1. The minimum absolute atomic E-state index is 0.306. The lowest BCUT2D eigenvalue weighted by Gasteiger charge is -2.33. The molecule has 0 aromatic heterocycles. The van der Waals surface area contributed by atoms with Crippen LogP contribution in [0.1, 0.15) is 23.5 Å². The van der Waals surface area contributed by atoms with Crippen molar-refractivity contribution in [1.82, 2.24) is 0 Å². The van der Waals surface area contributed by atoms with Crippen LogP contribution in [0.15, 0.2) is 102 Å². The molecule has 3 aromatic carbocycles. The summed E-state index contributed by atoms with van der Waals surface area (Å²) in [4.78, 5) is 0.306. The molecule has 0 saturated heterocycles. The van der Waals surface area contributed by atoms with Crippen LogP contribution in [-0.4, -0.2) is 24.9 Å². The highest BCUT2D eigenvalue weighted by Crippen LogP contribution is 2.41. The Balaban J connectivity index is 1.86. The molecule has 0 saturated carbocycles. The van der Waals surface area contributed by atoms with Crippen molar-refractivity contribution in [2.75, 3.05) is 0 Å². The van der Waals surface area contributed by atoms with Crippen LogP contribution in [-0.2, 0) is 9.84 Å². The Morgan fingerprint density at radius 3 is 1.89 bits per heavy atom. The first-order chi connectivity index (χ1) is 13.6. The lowest BCUT2D eigenvalue weighted by atomic mass is 9.80. The Morgan fingerprint density at radius 2 is 1.29 bits per heavy atom. The first-order valence-electron chi connectivity index (χ1n) is 9.36. The van der Waals surface area contributed by atoms with Crippen LogP contribution >= 0.6 is 0 Å². The zero-order chi connectivity index (χ0) is 19.6. The minimum Gasteiger partial charge on any atom is -0.388 e. The van der Waals surface area contributed by atoms with Crippen molar-refractivity contribution in [3.63, 3.8) is 0 Å². The highest BCUT2D eigenvalue weighted by Gasteiger charge is 2.39. The quantitative estimate of drug-likeness (QED) is 0.716. The van der Waals surface area contributed by atoms with E-state index in [1.54, 1.807) is 30.3 Å². The molecule has 0 heterocycles. The van der Waals surface area contributed by atoms with E-state index < -0.39 is 21.2 Å². The molecule has 1 aliphatic carbocycles. The van der Waals surface area contributed by atoms with Crippen LogP contribution in [0.5, 0.6) is 0 Å². The fourth-order valence-corrected chi connectivity index (χ4v) is 5.80. The zero-order valence-corrected chi connectivity index (χ0v) is 16.2. The molecule has 0 unspecified atom stereocenters. The molecule has 1 aliphatic rings. The first-order valence-corrected chi connectivity index (χ1v) is 10.9. The zero-order valence-electron chi connectivity index (χ0n) is 15.3. The van der Waals surface area contributed by atoms with Crippen LogP contribution < -0.4 is 0 Å². The summed E-state index contributed by atoms with van der Waals surface area (Å²) in [7, 11) is -3.61. The topological polar surface area (TPSA) is 54.4 Å². The van der Waals surface area contributed by atoms with E-state index in [2.05, 4.69) is 0 Å². The molecule has 0 radical (unpaired) electrons. The molecule has 4 rings (SSSR count). The number of rotatable bonds is 4. The van der Waals surface area contributed by atoms with Gasteiger partial charge in [0.2, 0.25) is 0 Å². The maximum absolute atomic E-state index is 13.5. The first kappa shape index (κ1) is 18.7. The van der Waals surface area contributed by atoms with E-state index in [1.807, 2.05) is 66.7 Å². The molecule has 0 fully saturated rings. The standard InChI is InChI=1S/C24H22O3S/c25-23-16-22(19-12-6-2-7-13-19)24(17-21(23)18-10-4-1-5-11-18)28(26,27)20-14-8-3-9-15-20/h1-15,17,22-25H,16H2/t22-,23-,24+/m0/s1. The van der Waals surface area contributed by atoms with Gasteiger partial charge >= 0.3 is 0 Å². The van der Waals surface area contributed by atoms with Gasteiger partial charge in [-0.15, -0.1) is 0 Å². The van der Waals surface area contributed by atoms with Crippen molar-refractivity contribution in [3.05, 3.63) is 108 Å². The van der Waals surface area contributed by atoms with Gasteiger partial charge in [0.05, 0.1) is 16.2 Å². The highest BCUT2D eigenvalue weighted by atomic mass is 32.2. The molecule has 3 aromatic rings.